The zero-order valence-corrected chi connectivity index (χ0v) is 7.72. The van der Waals surface area contributed by atoms with Crippen molar-refractivity contribution in [1.29, 1.82) is 0 Å². The second-order valence-electron chi connectivity index (χ2n) is 3.37. The van der Waals surface area contributed by atoms with Crippen LogP contribution in [-0.4, -0.2) is 10.2 Å². The van der Waals surface area contributed by atoms with E-state index in [9.17, 15) is 10.2 Å². The van der Waals surface area contributed by atoms with E-state index in [4.69, 9.17) is 0 Å². The summed E-state index contributed by atoms with van der Waals surface area (Å²) in [4.78, 5) is 0. The molecular weight excluding hydrogens is 176 g/mol. The van der Waals surface area contributed by atoms with Crippen LogP contribution >= 0.6 is 0 Å². The maximum absolute atomic E-state index is 9.64. The lowest BCUT2D eigenvalue weighted by molar-refractivity contribution is 0.398. The van der Waals surface area contributed by atoms with Crippen molar-refractivity contribution in [2.75, 3.05) is 0 Å². The highest BCUT2D eigenvalue weighted by atomic mass is 16.3. The SMILES string of the molecule is Oc1cccc(C2C=CC=CC2)c1O. The average Bonchev–Trinajstić information content (AvgIpc) is 2.23. The van der Waals surface area contributed by atoms with Crippen LogP contribution in [0.1, 0.15) is 17.9 Å². The molecule has 1 aromatic rings. The third kappa shape index (κ3) is 1.51. The van der Waals surface area contributed by atoms with Crippen molar-refractivity contribution in [2.24, 2.45) is 0 Å². The van der Waals surface area contributed by atoms with Gasteiger partial charge in [0.05, 0.1) is 0 Å². The maximum Gasteiger partial charge on any atom is 0.161 e. The smallest absolute Gasteiger partial charge is 0.161 e. The van der Waals surface area contributed by atoms with Crippen molar-refractivity contribution >= 4 is 0 Å². The van der Waals surface area contributed by atoms with E-state index in [1.54, 1.807) is 6.07 Å². The van der Waals surface area contributed by atoms with Gasteiger partial charge < -0.3 is 10.2 Å². The molecule has 0 amide bonds. The Kier molecular flexibility index (Phi) is 2.27. The van der Waals surface area contributed by atoms with Crippen LogP contribution in [-0.2, 0) is 0 Å². The first-order chi connectivity index (χ1) is 6.79. The lowest BCUT2D eigenvalue weighted by Gasteiger charge is -2.15. The molecule has 1 aromatic carbocycles. The summed E-state index contributed by atoms with van der Waals surface area (Å²) in [6.07, 6.45) is 8.88. The number of hydrogen-bond acceptors (Lipinski definition) is 2. The summed E-state index contributed by atoms with van der Waals surface area (Å²) in [5.74, 6) is 0.120. The number of hydrogen-bond donors (Lipinski definition) is 2. The van der Waals surface area contributed by atoms with Crippen molar-refractivity contribution in [1.82, 2.24) is 0 Å². The monoisotopic (exact) mass is 188 g/mol. The summed E-state index contributed by atoms with van der Waals surface area (Å²) < 4.78 is 0. The van der Waals surface area contributed by atoms with Crippen molar-refractivity contribution in [3.8, 4) is 11.5 Å². The van der Waals surface area contributed by atoms with E-state index in [0.29, 0.717) is 0 Å². The molecule has 1 unspecified atom stereocenters. The van der Waals surface area contributed by atoms with E-state index < -0.39 is 0 Å². The van der Waals surface area contributed by atoms with Crippen molar-refractivity contribution < 1.29 is 10.2 Å². The van der Waals surface area contributed by atoms with Gasteiger partial charge in [0.1, 0.15) is 0 Å². The first-order valence-corrected chi connectivity index (χ1v) is 4.63. The number of phenolic OH excluding ortho intramolecular Hbond substituents is 2. The highest BCUT2D eigenvalue weighted by molar-refractivity contribution is 5.48. The van der Waals surface area contributed by atoms with E-state index in [2.05, 4.69) is 0 Å². The van der Waals surface area contributed by atoms with Gasteiger partial charge in [0.15, 0.2) is 11.5 Å². The molecule has 0 fully saturated rings. The van der Waals surface area contributed by atoms with E-state index in [1.165, 1.54) is 6.07 Å². The molecule has 2 heteroatoms. The first kappa shape index (κ1) is 8.88. The maximum atomic E-state index is 9.64. The molecular formula is C12H12O2. The molecule has 2 nitrogen and oxygen atoms in total. The second kappa shape index (κ2) is 3.58. The Bertz CT molecular complexity index is 391. The third-order valence-electron chi connectivity index (χ3n) is 2.43. The quantitative estimate of drug-likeness (QED) is 0.665. The summed E-state index contributed by atoms with van der Waals surface area (Å²) >= 11 is 0. The number of phenols is 2. The number of benzene rings is 1. The minimum Gasteiger partial charge on any atom is -0.504 e. The fraction of sp³-hybridized carbons (Fsp3) is 0.167. The van der Waals surface area contributed by atoms with E-state index >= 15 is 0 Å². The molecule has 0 aliphatic heterocycles. The molecule has 0 spiro atoms. The van der Waals surface area contributed by atoms with Crippen molar-refractivity contribution in [2.45, 2.75) is 12.3 Å². The van der Waals surface area contributed by atoms with Crippen molar-refractivity contribution in [3.63, 3.8) is 0 Å². The van der Waals surface area contributed by atoms with Crippen LogP contribution in [0.5, 0.6) is 11.5 Å². The van der Waals surface area contributed by atoms with Crippen LogP contribution in [0.25, 0.3) is 0 Å². The summed E-state index contributed by atoms with van der Waals surface area (Å²) in [5, 5.41) is 19.0. The van der Waals surface area contributed by atoms with E-state index in [0.717, 1.165) is 12.0 Å². The van der Waals surface area contributed by atoms with Gasteiger partial charge in [-0.15, -0.1) is 0 Å². The fourth-order valence-electron chi connectivity index (χ4n) is 1.66. The first-order valence-electron chi connectivity index (χ1n) is 4.63. The van der Waals surface area contributed by atoms with Gasteiger partial charge in [-0.1, -0.05) is 36.4 Å². The van der Waals surface area contributed by atoms with Crippen LogP contribution < -0.4 is 0 Å². The number of rotatable bonds is 1. The minimum absolute atomic E-state index is 0.00236. The molecule has 1 aliphatic rings. The molecule has 0 bridgehead atoms. The molecule has 1 aliphatic carbocycles. The minimum atomic E-state index is -0.0505. The Balaban J connectivity index is 2.36. The Hall–Kier alpha value is -1.70. The molecule has 0 saturated carbocycles. The van der Waals surface area contributed by atoms with Crippen LogP contribution in [0.4, 0.5) is 0 Å². The standard InChI is InChI=1S/C12H12O2/c13-11-8-4-7-10(12(11)14)9-5-2-1-3-6-9/h1-5,7-9,13-14H,6H2. The van der Waals surface area contributed by atoms with Crippen LogP contribution in [0, 0.1) is 0 Å². The molecule has 2 N–H and O–H groups in total. The van der Waals surface area contributed by atoms with Gasteiger partial charge in [0.2, 0.25) is 0 Å². The van der Waals surface area contributed by atoms with E-state index in [-0.39, 0.29) is 17.4 Å². The van der Waals surface area contributed by atoms with Crippen LogP contribution in [0.3, 0.4) is 0 Å². The molecule has 72 valence electrons. The highest BCUT2D eigenvalue weighted by Crippen LogP contribution is 2.36. The number of aromatic hydroxyl groups is 2. The van der Waals surface area contributed by atoms with Gasteiger partial charge in [-0.05, 0) is 12.5 Å². The van der Waals surface area contributed by atoms with Gasteiger partial charge in [-0.25, -0.2) is 0 Å². The van der Waals surface area contributed by atoms with Gasteiger partial charge in [0.25, 0.3) is 0 Å². The number of para-hydroxylation sites is 1. The van der Waals surface area contributed by atoms with Crippen LogP contribution in [0.15, 0.2) is 42.5 Å². The zero-order valence-electron chi connectivity index (χ0n) is 7.72. The second-order valence-corrected chi connectivity index (χ2v) is 3.37. The molecule has 0 radical (unpaired) electrons. The Morgan fingerprint density at radius 2 is 2.00 bits per heavy atom. The largest absolute Gasteiger partial charge is 0.504 e. The fourth-order valence-corrected chi connectivity index (χ4v) is 1.66. The molecule has 2 rings (SSSR count). The lowest BCUT2D eigenvalue weighted by atomic mass is 9.92. The summed E-state index contributed by atoms with van der Waals surface area (Å²) in [7, 11) is 0. The Labute approximate surface area is 82.8 Å². The van der Waals surface area contributed by atoms with Crippen molar-refractivity contribution in [3.05, 3.63) is 48.1 Å². The molecule has 14 heavy (non-hydrogen) atoms. The molecule has 1 atom stereocenters. The predicted octanol–water partition coefficient (Wildman–Crippen LogP) is 2.70. The normalized spacial score (nSPS) is 19.9. The zero-order chi connectivity index (χ0) is 9.97. The third-order valence-corrected chi connectivity index (χ3v) is 2.43. The average molecular weight is 188 g/mol. The Morgan fingerprint density at radius 1 is 1.14 bits per heavy atom. The molecule has 0 aromatic heterocycles. The van der Waals surface area contributed by atoms with Gasteiger partial charge >= 0.3 is 0 Å². The summed E-state index contributed by atoms with van der Waals surface area (Å²) in [6.45, 7) is 0. The predicted molar refractivity (Wildman–Crippen MR) is 55.4 cm³/mol. The summed E-state index contributed by atoms with van der Waals surface area (Å²) in [6, 6.07) is 5.07. The lowest BCUT2D eigenvalue weighted by Crippen LogP contribution is -1.96. The van der Waals surface area contributed by atoms with Gasteiger partial charge in [-0.3, -0.25) is 0 Å². The molecule has 0 heterocycles. The van der Waals surface area contributed by atoms with Gasteiger partial charge in [-0.2, -0.15) is 0 Å². The number of allylic oxidation sites excluding steroid dienone is 4. The Morgan fingerprint density at radius 3 is 2.71 bits per heavy atom. The molecule has 0 saturated heterocycles. The van der Waals surface area contributed by atoms with Gasteiger partial charge in [0, 0.05) is 11.5 Å². The van der Waals surface area contributed by atoms with E-state index in [1.807, 2.05) is 30.4 Å². The highest BCUT2D eigenvalue weighted by Gasteiger charge is 2.14. The van der Waals surface area contributed by atoms with Crippen LogP contribution in [0.2, 0.25) is 0 Å². The topological polar surface area (TPSA) is 40.5 Å². The summed E-state index contributed by atoms with van der Waals surface area (Å²) in [5.41, 5.74) is 0.783.